The van der Waals surface area contributed by atoms with Gasteiger partial charge in [-0.15, -0.1) is 8.78 Å². The van der Waals surface area contributed by atoms with Crippen LogP contribution in [0, 0.1) is 10.8 Å². The molecular formula is C21H24F6O13. The normalized spacial score (nSPS) is 19.6. The van der Waals surface area contributed by atoms with Crippen LogP contribution in [0.25, 0.3) is 0 Å². The van der Waals surface area contributed by atoms with Crippen LogP contribution < -0.4 is 0 Å². The number of cyclic esters (lactones) is 4. The fraction of sp³-hybridized carbons (Fsp3) is 0.714. The fourth-order valence-corrected chi connectivity index (χ4v) is 2.73. The first-order valence-electron chi connectivity index (χ1n) is 11.0. The molecule has 1 unspecified atom stereocenters. The van der Waals surface area contributed by atoms with Gasteiger partial charge in [0.05, 0.1) is 6.10 Å². The lowest BCUT2D eigenvalue weighted by atomic mass is 9.93. The zero-order valence-electron chi connectivity index (χ0n) is 21.1. The lowest BCUT2D eigenvalue weighted by molar-refractivity contribution is -0.527. The summed E-state index contributed by atoms with van der Waals surface area (Å²) in [7, 11) is 0. The largest absolute Gasteiger partial charge is 0.508 e. The Kier molecular flexibility index (Phi) is 9.78. The third-order valence-corrected chi connectivity index (χ3v) is 5.03. The molecule has 2 fully saturated rings. The second-order valence-electron chi connectivity index (χ2n) is 9.12. The quantitative estimate of drug-likeness (QED) is 0.100. The van der Waals surface area contributed by atoms with Crippen molar-refractivity contribution in [1.29, 1.82) is 0 Å². The van der Waals surface area contributed by atoms with Gasteiger partial charge in [0.2, 0.25) is 0 Å². The Labute approximate surface area is 221 Å². The van der Waals surface area contributed by atoms with Crippen molar-refractivity contribution in [3.63, 3.8) is 0 Å². The Balaban J connectivity index is 1.85. The second kappa shape index (κ2) is 11.9. The van der Waals surface area contributed by atoms with E-state index in [9.17, 15) is 45.5 Å². The molecule has 1 atom stereocenters. The molecule has 0 aromatic heterocycles. The maximum atomic E-state index is 14.0. The number of hydrogen-bond donors (Lipinski definition) is 0. The molecule has 0 radical (unpaired) electrons. The van der Waals surface area contributed by atoms with Gasteiger partial charge in [-0.25, -0.2) is 14.3 Å². The third-order valence-electron chi connectivity index (χ3n) is 5.03. The van der Waals surface area contributed by atoms with Crippen LogP contribution in [0.5, 0.6) is 0 Å². The first-order valence-corrected chi connectivity index (χ1v) is 11.0. The molecule has 0 N–H and O–H groups in total. The Morgan fingerprint density at radius 1 is 0.850 bits per heavy atom. The fourth-order valence-electron chi connectivity index (χ4n) is 2.73. The molecule has 19 heteroatoms. The number of rotatable bonds is 13. The van der Waals surface area contributed by atoms with Crippen molar-refractivity contribution in [3.05, 3.63) is 12.3 Å². The van der Waals surface area contributed by atoms with E-state index in [0.29, 0.717) is 0 Å². The number of carbonyl (C=O) groups is 4. The van der Waals surface area contributed by atoms with E-state index in [2.05, 4.69) is 44.5 Å². The minimum absolute atomic E-state index is 0.464. The van der Waals surface area contributed by atoms with Crippen LogP contribution in [0.4, 0.5) is 35.9 Å². The predicted molar refractivity (Wildman–Crippen MR) is 109 cm³/mol. The molecule has 2 aliphatic rings. The second-order valence-corrected chi connectivity index (χ2v) is 9.12. The molecule has 2 rings (SSSR count). The van der Waals surface area contributed by atoms with Crippen molar-refractivity contribution in [3.8, 4) is 0 Å². The summed E-state index contributed by atoms with van der Waals surface area (Å²) in [5, 5.41) is 0. The summed E-state index contributed by atoms with van der Waals surface area (Å²) in [6, 6.07) is 0. The molecule has 13 nitrogen and oxygen atoms in total. The lowest BCUT2D eigenvalue weighted by Crippen LogP contribution is -2.50. The van der Waals surface area contributed by atoms with Crippen LogP contribution in [0.2, 0.25) is 0 Å². The van der Waals surface area contributed by atoms with Crippen molar-refractivity contribution in [2.24, 2.45) is 10.8 Å². The summed E-state index contributed by atoms with van der Waals surface area (Å²) in [5.41, 5.74) is -3.08. The van der Waals surface area contributed by atoms with Gasteiger partial charge in [-0.1, -0.05) is 6.58 Å². The lowest BCUT2D eigenvalue weighted by Gasteiger charge is -2.31. The summed E-state index contributed by atoms with van der Waals surface area (Å²) in [5.74, 6) is -3.55. The van der Waals surface area contributed by atoms with E-state index < -0.39 is 105 Å². The summed E-state index contributed by atoms with van der Waals surface area (Å²) >= 11 is 0. The highest BCUT2D eigenvalue weighted by molar-refractivity contribution is 5.79. The third kappa shape index (κ3) is 8.51. The Hall–Kier alpha value is -3.48. The molecule has 2 heterocycles. The Bertz CT molecular complexity index is 982. The van der Waals surface area contributed by atoms with Gasteiger partial charge in [-0.2, -0.15) is 17.6 Å². The zero-order valence-corrected chi connectivity index (χ0v) is 21.1. The molecule has 0 amide bonds. The highest BCUT2D eigenvalue weighted by atomic mass is 19.3. The molecule has 0 bridgehead atoms. The predicted octanol–water partition coefficient (Wildman–Crippen LogP) is 3.11. The average molecular weight is 598 g/mol. The number of carbonyl (C=O) groups excluding carboxylic acids is 4. The van der Waals surface area contributed by atoms with Gasteiger partial charge in [0.15, 0.2) is 0 Å². The van der Waals surface area contributed by atoms with Gasteiger partial charge in [0, 0.05) is 0 Å². The minimum atomic E-state index is -6.03. The van der Waals surface area contributed by atoms with Crippen molar-refractivity contribution >= 4 is 24.2 Å². The van der Waals surface area contributed by atoms with E-state index in [4.69, 9.17) is 4.74 Å². The first kappa shape index (κ1) is 32.7. The molecule has 2 saturated heterocycles. The topological polar surface area (TPSA) is 151 Å². The standard InChI is InChI=1S/C21H24F6O13/c1-11(5-32-13(28)17(3)7-34-15(30)35-8-17)38-19(22,23)20(24,25)40-21(26,27)39-12(2)6-33-14(29)18(4)9-36-16(31)37-10-18/h12H,1,5-10H2,2-4H3. The number of hydrogen-bond acceptors (Lipinski definition) is 13. The number of ether oxygens (including phenoxy) is 9. The summed E-state index contributed by atoms with van der Waals surface area (Å²) in [6.07, 6.45) is -21.2. The zero-order chi connectivity index (χ0) is 30.6. The monoisotopic (exact) mass is 598 g/mol. The van der Waals surface area contributed by atoms with Gasteiger partial charge in [-0.05, 0) is 20.8 Å². The molecular weight excluding hydrogens is 574 g/mol. The molecule has 0 saturated carbocycles. The van der Waals surface area contributed by atoms with Crippen LogP contribution in [-0.4, -0.2) is 88.5 Å². The van der Waals surface area contributed by atoms with Crippen LogP contribution in [0.15, 0.2) is 12.3 Å². The molecule has 228 valence electrons. The maximum Gasteiger partial charge on any atom is 0.508 e. The van der Waals surface area contributed by atoms with E-state index >= 15 is 0 Å². The van der Waals surface area contributed by atoms with Crippen LogP contribution in [-0.2, 0) is 52.2 Å². The molecule has 0 aromatic carbocycles. The Morgan fingerprint density at radius 2 is 1.27 bits per heavy atom. The summed E-state index contributed by atoms with van der Waals surface area (Å²) in [6.45, 7) is 1.98. The van der Waals surface area contributed by atoms with E-state index in [1.807, 2.05) is 0 Å². The Morgan fingerprint density at radius 3 is 1.73 bits per heavy atom. The number of alkyl halides is 6. The van der Waals surface area contributed by atoms with E-state index in [1.54, 1.807) is 0 Å². The molecule has 0 spiro atoms. The molecule has 0 aromatic rings. The first-order chi connectivity index (χ1) is 18.2. The van der Waals surface area contributed by atoms with E-state index in [1.165, 1.54) is 13.8 Å². The van der Waals surface area contributed by atoms with Gasteiger partial charge >= 0.3 is 42.8 Å². The van der Waals surface area contributed by atoms with Gasteiger partial charge in [0.25, 0.3) is 0 Å². The van der Waals surface area contributed by atoms with Crippen LogP contribution >= 0.6 is 0 Å². The SMILES string of the molecule is C=C(COC(=O)C1(C)COC(=O)OC1)OC(F)(F)C(F)(F)OC(F)(F)OC(C)COC(=O)C1(C)COC(=O)OC1. The van der Waals surface area contributed by atoms with Crippen molar-refractivity contribution in [2.75, 3.05) is 39.6 Å². The maximum absolute atomic E-state index is 14.0. The van der Waals surface area contributed by atoms with Gasteiger partial charge < -0.3 is 33.2 Å². The van der Waals surface area contributed by atoms with E-state index in [0.717, 1.165) is 6.92 Å². The van der Waals surface area contributed by atoms with Gasteiger partial charge in [-0.3, -0.25) is 14.3 Å². The highest BCUT2D eigenvalue weighted by Gasteiger charge is 2.66. The van der Waals surface area contributed by atoms with Crippen LogP contribution in [0.1, 0.15) is 20.8 Å². The van der Waals surface area contributed by atoms with E-state index in [-0.39, 0.29) is 0 Å². The smallest absolute Gasteiger partial charge is 0.462 e. The number of halogens is 6. The van der Waals surface area contributed by atoms with Crippen LogP contribution in [0.3, 0.4) is 0 Å². The number of esters is 2. The summed E-state index contributed by atoms with van der Waals surface area (Å²) < 4.78 is 121. The summed E-state index contributed by atoms with van der Waals surface area (Å²) in [4.78, 5) is 46.0. The van der Waals surface area contributed by atoms with Crippen molar-refractivity contribution in [2.45, 2.75) is 45.4 Å². The average Bonchev–Trinajstić information content (AvgIpc) is 2.83. The van der Waals surface area contributed by atoms with Crippen molar-refractivity contribution in [1.82, 2.24) is 0 Å². The highest BCUT2D eigenvalue weighted by Crippen LogP contribution is 2.42. The molecule has 2 aliphatic heterocycles. The van der Waals surface area contributed by atoms with Gasteiger partial charge in [0.1, 0.15) is 56.2 Å². The molecule has 0 aliphatic carbocycles. The van der Waals surface area contributed by atoms with Crippen molar-refractivity contribution < 1.29 is 88.2 Å². The minimum Gasteiger partial charge on any atom is -0.462 e. The molecule has 40 heavy (non-hydrogen) atoms.